The zero-order valence-corrected chi connectivity index (χ0v) is 16.6. The molecule has 160 valence electrons. The fourth-order valence-electron chi connectivity index (χ4n) is 3.04. The predicted molar refractivity (Wildman–Crippen MR) is 110 cm³/mol. The van der Waals surface area contributed by atoms with Gasteiger partial charge in [0.2, 0.25) is 0 Å². The molecule has 0 spiro atoms. The predicted octanol–water partition coefficient (Wildman–Crippen LogP) is 2.43. The quantitative estimate of drug-likeness (QED) is 0.473. The van der Waals surface area contributed by atoms with E-state index in [2.05, 4.69) is 5.32 Å². The van der Waals surface area contributed by atoms with Crippen LogP contribution in [0.2, 0.25) is 0 Å². The molecule has 4 rings (SSSR count). The minimum absolute atomic E-state index is 0.332. The summed E-state index contributed by atoms with van der Waals surface area (Å²) in [5, 5.41) is 3.39. The van der Waals surface area contributed by atoms with Crippen LogP contribution in [0.4, 0.5) is 5.69 Å². The van der Waals surface area contributed by atoms with Gasteiger partial charge in [-0.05, 0) is 36.8 Å². The Morgan fingerprint density at radius 2 is 1.81 bits per heavy atom. The Hall–Kier alpha value is -4.01. The lowest BCUT2D eigenvalue weighted by molar-refractivity contribution is -0.149. The molecule has 0 saturated heterocycles. The van der Waals surface area contributed by atoms with Crippen LogP contribution in [-0.4, -0.2) is 38.3 Å². The lowest BCUT2D eigenvalue weighted by Gasteiger charge is -2.19. The van der Waals surface area contributed by atoms with E-state index in [0.29, 0.717) is 41.7 Å². The van der Waals surface area contributed by atoms with Crippen molar-refractivity contribution in [2.75, 3.05) is 31.7 Å². The lowest BCUT2D eigenvalue weighted by Crippen LogP contribution is -2.23. The third-order valence-electron chi connectivity index (χ3n) is 4.47. The van der Waals surface area contributed by atoms with Crippen molar-refractivity contribution < 1.29 is 33.0 Å². The Kier molecular flexibility index (Phi) is 5.74. The second-order valence-electron chi connectivity index (χ2n) is 6.76. The van der Waals surface area contributed by atoms with E-state index in [1.54, 1.807) is 37.3 Å². The molecule has 0 fully saturated rings. The number of esters is 1. The number of nitrogens with one attached hydrogen (secondary N) is 1. The first-order valence-electron chi connectivity index (χ1n) is 9.50. The number of ether oxygens (including phenoxy) is 4. The van der Waals surface area contributed by atoms with E-state index in [1.165, 1.54) is 12.1 Å². The summed E-state index contributed by atoms with van der Waals surface area (Å²) in [7, 11) is 0. The second kappa shape index (κ2) is 8.78. The fraction of sp³-hybridized carbons (Fsp3) is 0.227. The summed E-state index contributed by atoms with van der Waals surface area (Å²) in [6.45, 7) is 1.84. The van der Waals surface area contributed by atoms with Gasteiger partial charge in [0.1, 0.15) is 24.5 Å². The summed E-state index contributed by atoms with van der Waals surface area (Å²) in [4.78, 5) is 35.4. The molecule has 0 bridgehead atoms. The van der Waals surface area contributed by atoms with Crippen LogP contribution in [0.15, 0.2) is 51.7 Å². The molecule has 0 atom stereocenters. The fourth-order valence-corrected chi connectivity index (χ4v) is 3.04. The van der Waals surface area contributed by atoms with E-state index in [1.807, 2.05) is 0 Å². The highest BCUT2D eigenvalue weighted by Gasteiger charge is 2.14. The molecule has 1 amide bonds. The molecule has 0 radical (unpaired) electrons. The van der Waals surface area contributed by atoms with E-state index >= 15 is 0 Å². The van der Waals surface area contributed by atoms with Gasteiger partial charge in [0.15, 0.2) is 24.7 Å². The van der Waals surface area contributed by atoms with Crippen molar-refractivity contribution in [2.45, 2.75) is 6.92 Å². The molecule has 9 heteroatoms. The van der Waals surface area contributed by atoms with Crippen molar-refractivity contribution in [1.29, 1.82) is 0 Å². The normalized spacial score (nSPS) is 12.3. The van der Waals surface area contributed by atoms with Crippen molar-refractivity contribution in [3.05, 3.63) is 58.4 Å². The molecule has 0 aliphatic carbocycles. The number of anilines is 1. The summed E-state index contributed by atoms with van der Waals surface area (Å²) in [6.07, 6.45) is 0. The second-order valence-corrected chi connectivity index (χ2v) is 6.76. The van der Waals surface area contributed by atoms with Gasteiger partial charge in [0.05, 0.1) is 0 Å². The molecule has 1 N–H and O–H groups in total. The van der Waals surface area contributed by atoms with Gasteiger partial charge in [-0.25, -0.2) is 9.59 Å². The van der Waals surface area contributed by atoms with Crippen LogP contribution >= 0.6 is 0 Å². The molecule has 2 heterocycles. The summed E-state index contributed by atoms with van der Waals surface area (Å²) < 4.78 is 26.3. The van der Waals surface area contributed by atoms with E-state index in [-0.39, 0.29) is 0 Å². The summed E-state index contributed by atoms with van der Waals surface area (Å²) in [5.41, 5.74) is 1.16. The van der Waals surface area contributed by atoms with Gasteiger partial charge in [0.25, 0.3) is 5.91 Å². The van der Waals surface area contributed by atoms with Crippen molar-refractivity contribution in [1.82, 2.24) is 0 Å². The number of hydrogen-bond acceptors (Lipinski definition) is 8. The van der Waals surface area contributed by atoms with E-state index in [9.17, 15) is 14.4 Å². The minimum atomic E-state index is -0.719. The molecule has 0 saturated carbocycles. The van der Waals surface area contributed by atoms with Crippen LogP contribution in [0.1, 0.15) is 5.56 Å². The maximum atomic E-state index is 12.0. The minimum Gasteiger partial charge on any atom is -0.486 e. The maximum absolute atomic E-state index is 12.0. The topological polar surface area (TPSA) is 113 Å². The van der Waals surface area contributed by atoms with E-state index in [4.69, 9.17) is 23.4 Å². The van der Waals surface area contributed by atoms with E-state index < -0.39 is 30.7 Å². The van der Waals surface area contributed by atoms with Crippen molar-refractivity contribution in [3.8, 4) is 17.2 Å². The number of hydrogen-bond donors (Lipinski definition) is 1. The molecule has 2 aromatic carbocycles. The molecule has 1 aromatic heterocycles. The van der Waals surface area contributed by atoms with Crippen LogP contribution in [0, 0.1) is 6.92 Å². The Balaban J connectivity index is 1.27. The first-order valence-corrected chi connectivity index (χ1v) is 9.50. The van der Waals surface area contributed by atoms with Gasteiger partial charge in [-0.2, -0.15) is 0 Å². The van der Waals surface area contributed by atoms with Gasteiger partial charge >= 0.3 is 11.6 Å². The van der Waals surface area contributed by atoms with E-state index in [0.717, 1.165) is 10.9 Å². The molecular formula is C22H19NO8. The lowest BCUT2D eigenvalue weighted by atomic mass is 10.1. The smallest absolute Gasteiger partial charge is 0.344 e. The number of benzene rings is 2. The van der Waals surface area contributed by atoms with Crippen molar-refractivity contribution in [2.24, 2.45) is 0 Å². The van der Waals surface area contributed by atoms with Crippen LogP contribution in [0.3, 0.4) is 0 Å². The van der Waals surface area contributed by atoms with Gasteiger partial charge < -0.3 is 28.7 Å². The summed E-state index contributed by atoms with van der Waals surface area (Å²) in [5.74, 6) is 0.252. The highest BCUT2D eigenvalue weighted by Crippen LogP contribution is 2.32. The Morgan fingerprint density at radius 3 is 2.65 bits per heavy atom. The monoisotopic (exact) mass is 425 g/mol. The largest absolute Gasteiger partial charge is 0.486 e. The molecule has 9 nitrogen and oxygen atoms in total. The average molecular weight is 425 g/mol. The van der Waals surface area contributed by atoms with Crippen molar-refractivity contribution in [3.63, 3.8) is 0 Å². The van der Waals surface area contributed by atoms with Crippen LogP contribution < -0.4 is 25.2 Å². The van der Waals surface area contributed by atoms with Gasteiger partial charge in [-0.15, -0.1) is 0 Å². The number of carbonyl (C=O) groups is 2. The number of aryl methyl sites for hydroxylation is 1. The maximum Gasteiger partial charge on any atom is 0.344 e. The molecule has 1 aliphatic rings. The Morgan fingerprint density at radius 1 is 1.00 bits per heavy atom. The summed E-state index contributed by atoms with van der Waals surface area (Å²) in [6, 6.07) is 11.3. The van der Waals surface area contributed by atoms with Crippen LogP contribution in [-0.2, 0) is 14.3 Å². The van der Waals surface area contributed by atoms with Gasteiger partial charge in [-0.3, -0.25) is 4.79 Å². The highest BCUT2D eigenvalue weighted by molar-refractivity contribution is 5.93. The third kappa shape index (κ3) is 4.95. The number of carbonyl (C=O) groups excluding carboxylic acids is 2. The molecule has 0 unspecified atom stereocenters. The third-order valence-corrected chi connectivity index (χ3v) is 4.47. The molecule has 3 aromatic rings. The number of fused-ring (bicyclic) bond motifs is 2. The number of rotatable bonds is 6. The zero-order valence-electron chi connectivity index (χ0n) is 16.6. The Bertz CT molecular complexity index is 1200. The SMILES string of the molecule is Cc1cc(=O)oc2cc(OCC(=O)OCC(=O)Nc3ccc4c(c3)OCCO4)ccc12. The van der Waals surface area contributed by atoms with Gasteiger partial charge in [0, 0.05) is 29.3 Å². The van der Waals surface area contributed by atoms with Crippen molar-refractivity contribution >= 4 is 28.5 Å². The van der Waals surface area contributed by atoms with Crippen LogP contribution in [0.25, 0.3) is 11.0 Å². The molecule has 31 heavy (non-hydrogen) atoms. The summed E-state index contributed by atoms with van der Waals surface area (Å²) >= 11 is 0. The molecule has 1 aliphatic heterocycles. The standard InChI is InChI=1S/C22H19NO8/c1-13-8-21(25)31-18-10-15(3-4-16(13)18)29-12-22(26)30-11-20(24)23-14-2-5-17-19(9-14)28-7-6-27-17/h2-5,8-10H,6-7,11-12H2,1H3,(H,23,24). The zero-order chi connectivity index (χ0) is 21.8. The highest BCUT2D eigenvalue weighted by atomic mass is 16.6. The van der Waals surface area contributed by atoms with Crippen LogP contribution in [0.5, 0.6) is 17.2 Å². The first kappa shape index (κ1) is 20.3. The first-order chi connectivity index (χ1) is 15.0. The Labute approximate surface area is 176 Å². The molecular weight excluding hydrogens is 406 g/mol. The van der Waals surface area contributed by atoms with Gasteiger partial charge in [-0.1, -0.05) is 0 Å². The number of amides is 1. The average Bonchev–Trinajstić information content (AvgIpc) is 2.76.